The molecule has 0 radical (unpaired) electrons. The molecule has 144 valence electrons. The van der Waals surface area contributed by atoms with E-state index in [1.807, 2.05) is 5.38 Å². The molecule has 0 spiro atoms. The highest BCUT2D eigenvalue weighted by Crippen LogP contribution is 2.30. The van der Waals surface area contributed by atoms with Crippen LogP contribution in [0.15, 0.2) is 29.6 Å². The monoisotopic (exact) mass is 391 g/mol. The summed E-state index contributed by atoms with van der Waals surface area (Å²) in [6, 6.07) is 5.63. The maximum absolute atomic E-state index is 12.9. The summed E-state index contributed by atoms with van der Waals surface area (Å²) in [5.41, 5.74) is 0.872. The van der Waals surface area contributed by atoms with Crippen molar-refractivity contribution in [3.05, 3.63) is 46.2 Å². The second kappa shape index (κ2) is 8.94. The number of rotatable bonds is 6. The van der Waals surface area contributed by atoms with Crippen molar-refractivity contribution >= 4 is 23.2 Å². The Hall–Kier alpha value is -2.48. The molecule has 0 atom stereocenters. The number of hydrogen-bond acceptors (Lipinski definition) is 5. The first-order valence-corrected chi connectivity index (χ1v) is 9.74. The van der Waals surface area contributed by atoms with Crippen molar-refractivity contribution in [1.82, 2.24) is 15.2 Å². The summed E-state index contributed by atoms with van der Waals surface area (Å²) in [4.78, 5) is 29.7. The Morgan fingerprint density at radius 1 is 1.30 bits per heavy atom. The number of aromatic nitrogens is 1. The lowest BCUT2D eigenvalue weighted by molar-refractivity contribution is -0.134. The maximum atomic E-state index is 12.9. The fourth-order valence-corrected chi connectivity index (χ4v) is 3.94. The molecule has 6 nitrogen and oxygen atoms in total. The molecule has 1 aromatic carbocycles. The third-order valence-corrected chi connectivity index (χ3v) is 5.52. The summed E-state index contributed by atoms with van der Waals surface area (Å²) in [6.45, 7) is 3.21. The van der Waals surface area contributed by atoms with E-state index in [4.69, 9.17) is 4.74 Å². The Morgan fingerprint density at radius 3 is 2.67 bits per heavy atom. The summed E-state index contributed by atoms with van der Waals surface area (Å²) < 4.78 is 18.3. The van der Waals surface area contributed by atoms with Crippen molar-refractivity contribution in [2.24, 2.45) is 0 Å². The summed E-state index contributed by atoms with van der Waals surface area (Å²) >= 11 is 1.60. The largest absolute Gasteiger partial charge is 0.484 e. The standard InChI is InChI=1S/C19H22FN3O3S/c1-13(24)21-10-16-12-27-19(22-16)14-6-8-23(9-7-14)18(25)11-26-17-4-2-15(20)3-5-17/h2-5,12,14H,6-11H2,1H3,(H,21,24). The Labute approximate surface area is 161 Å². The SMILES string of the molecule is CC(=O)NCc1csc(C2CCN(C(=O)COc3ccc(F)cc3)CC2)n1. The van der Waals surface area contributed by atoms with E-state index in [0.29, 0.717) is 31.3 Å². The molecule has 0 bridgehead atoms. The van der Waals surface area contributed by atoms with E-state index in [2.05, 4.69) is 10.3 Å². The van der Waals surface area contributed by atoms with Gasteiger partial charge in [0.15, 0.2) is 6.61 Å². The van der Waals surface area contributed by atoms with Gasteiger partial charge in [0, 0.05) is 31.3 Å². The number of thiazole rings is 1. The highest BCUT2D eigenvalue weighted by molar-refractivity contribution is 7.09. The molecule has 1 aliphatic heterocycles. The third-order valence-electron chi connectivity index (χ3n) is 4.46. The predicted molar refractivity (Wildman–Crippen MR) is 100 cm³/mol. The van der Waals surface area contributed by atoms with E-state index < -0.39 is 0 Å². The third kappa shape index (κ3) is 5.50. The minimum atomic E-state index is -0.335. The Balaban J connectivity index is 1.44. The number of likely N-dealkylation sites (tertiary alicyclic amines) is 1. The fraction of sp³-hybridized carbons (Fsp3) is 0.421. The Bertz CT molecular complexity index is 786. The molecule has 2 aromatic rings. The molecule has 1 N–H and O–H groups in total. The van der Waals surface area contributed by atoms with Gasteiger partial charge in [0.05, 0.1) is 17.2 Å². The van der Waals surface area contributed by atoms with E-state index in [0.717, 1.165) is 23.5 Å². The van der Waals surface area contributed by atoms with Gasteiger partial charge in [-0.05, 0) is 37.1 Å². The first-order valence-electron chi connectivity index (χ1n) is 8.86. The number of benzene rings is 1. The lowest BCUT2D eigenvalue weighted by atomic mass is 9.97. The Morgan fingerprint density at radius 2 is 2.00 bits per heavy atom. The summed E-state index contributed by atoms with van der Waals surface area (Å²) in [7, 11) is 0. The number of carbonyl (C=O) groups is 2. The van der Waals surface area contributed by atoms with Crippen LogP contribution in [0.4, 0.5) is 4.39 Å². The van der Waals surface area contributed by atoms with Gasteiger partial charge in [-0.25, -0.2) is 9.37 Å². The average molecular weight is 391 g/mol. The first kappa shape index (κ1) is 19.3. The van der Waals surface area contributed by atoms with Crippen molar-refractivity contribution in [3.8, 4) is 5.75 Å². The predicted octanol–water partition coefficient (Wildman–Crippen LogP) is 2.70. The molecule has 8 heteroatoms. The van der Waals surface area contributed by atoms with Crippen molar-refractivity contribution in [2.75, 3.05) is 19.7 Å². The first-order chi connectivity index (χ1) is 13.0. The molecule has 1 aliphatic rings. The number of amides is 2. The van der Waals surface area contributed by atoms with Gasteiger partial charge in [0.1, 0.15) is 11.6 Å². The van der Waals surface area contributed by atoms with Gasteiger partial charge in [-0.3, -0.25) is 9.59 Å². The Kier molecular flexibility index (Phi) is 6.39. The summed E-state index contributed by atoms with van der Waals surface area (Å²) in [5.74, 6) is 0.345. The van der Waals surface area contributed by atoms with Crippen LogP contribution < -0.4 is 10.1 Å². The molecular weight excluding hydrogens is 369 g/mol. The van der Waals surface area contributed by atoms with Crippen LogP contribution in [0.1, 0.15) is 36.4 Å². The summed E-state index contributed by atoms with van der Waals surface area (Å²) in [5, 5.41) is 5.78. The molecule has 0 unspecified atom stereocenters. The van der Waals surface area contributed by atoms with Crippen molar-refractivity contribution in [2.45, 2.75) is 32.2 Å². The molecular formula is C19H22FN3O3S. The molecule has 1 aromatic heterocycles. The van der Waals surface area contributed by atoms with Crippen LogP contribution in [-0.2, 0) is 16.1 Å². The minimum Gasteiger partial charge on any atom is -0.484 e. The van der Waals surface area contributed by atoms with Gasteiger partial charge in [0.2, 0.25) is 5.91 Å². The van der Waals surface area contributed by atoms with E-state index >= 15 is 0 Å². The highest BCUT2D eigenvalue weighted by Gasteiger charge is 2.25. The van der Waals surface area contributed by atoms with Gasteiger partial charge < -0.3 is 15.0 Å². The smallest absolute Gasteiger partial charge is 0.260 e. The molecule has 1 saturated heterocycles. The molecule has 27 heavy (non-hydrogen) atoms. The number of halogens is 1. The molecule has 2 heterocycles. The molecule has 3 rings (SSSR count). The van der Waals surface area contributed by atoms with E-state index in [9.17, 15) is 14.0 Å². The second-order valence-corrected chi connectivity index (χ2v) is 7.37. The van der Waals surface area contributed by atoms with Gasteiger partial charge >= 0.3 is 0 Å². The van der Waals surface area contributed by atoms with Gasteiger partial charge in [-0.1, -0.05) is 0 Å². The van der Waals surface area contributed by atoms with Gasteiger partial charge in [-0.2, -0.15) is 0 Å². The van der Waals surface area contributed by atoms with Crippen LogP contribution in [0.5, 0.6) is 5.75 Å². The fourth-order valence-electron chi connectivity index (χ4n) is 2.95. The number of carbonyl (C=O) groups excluding carboxylic acids is 2. The topological polar surface area (TPSA) is 71.5 Å². The number of hydrogen-bond donors (Lipinski definition) is 1. The highest BCUT2D eigenvalue weighted by atomic mass is 32.1. The van der Waals surface area contributed by atoms with Crippen LogP contribution in [-0.4, -0.2) is 41.4 Å². The number of piperidine rings is 1. The second-order valence-electron chi connectivity index (χ2n) is 6.48. The maximum Gasteiger partial charge on any atom is 0.260 e. The van der Waals surface area contributed by atoms with Crippen LogP contribution in [0, 0.1) is 5.82 Å². The summed E-state index contributed by atoms with van der Waals surface area (Å²) in [6.07, 6.45) is 1.71. The van der Waals surface area contributed by atoms with Crippen molar-refractivity contribution < 1.29 is 18.7 Å². The zero-order valence-electron chi connectivity index (χ0n) is 15.1. The molecule has 2 amide bonds. The number of ether oxygens (including phenoxy) is 1. The lowest BCUT2D eigenvalue weighted by Crippen LogP contribution is -2.40. The van der Waals surface area contributed by atoms with Crippen LogP contribution >= 0.6 is 11.3 Å². The lowest BCUT2D eigenvalue weighted by Gasteiger charge is -2.31. The van der Waals surface area contributed by atoms with Gasteiger partial charge in [0.25, 0.3) is 5.91 Å². The van der Waals surface area contributed by atoms with E-state index in [-0.39, 0.29) is 24.2 Å². The normalized spacial score (nSPS) is 14.8. The van der Waals surface area contributed by atoms with Crippen LogP contribution in [0.3, 0.4) is 0 Å². The van der Waals surface area contributed by atoms with E-state index in [1.165, 1.54) is 31.2 Å². The van der Waals surface area contributed by atoms with Gasteiger partial charge in [-0.15, -0.1) is 11.3 Å². The van der Waals surface area contributed by atoms with Crippen molar-refractivity contribution in [1.29, 1.82) is 0 Å². The average Bonchev–Trinajstić information content (AvgIpc) is 3.15. The van der Waals surface area contributed by atoms with Crippen LogP contribution in [0.2, 0.25) is 0 Å². The zero-order valence-corrected chi connectivity index (χ0v) is 15.9. The van der Waals surface area contributed by atoms with E-state index in [1.54, 1.807) is 16.2 Å². The zero-order chi connectivity index (χ0) is 19.2. The quantitative estimate of drug-likeness (QED) is 0.822. The minimum absolute atomic E-state index is 0.0472. The van der Waals surface area contributed by atoms with Crippen LogP contribution in [0.25, 0.3) is 0 Å². The molecule has 0 aliphatic carbocycles. The molecule has 1 fully saturated rings. The van der Waals surface area contributed by atoms with Crippen molar-refractivity contribution in [3.63, 3.8) is 0 Å². The number of nitrogens with one attached hydrogen (secondary N) is 1. The number of nitrogens with zero attached hydrogens (tertiary/aromatic N) is 2. The molecule has 0 saturated carbocycles.